The molecule has 5 aromatic rings. The molecule has 0 atom stereocenters. The fourth-order valence-electron chi connectivity index (χ4n) is 2.13. The van der Waals surface area contributed by atoms with E-state index in [1.807, 2.05) is 158 Å². The highest BCUT2D eigenvalue weighted by Crippen LogP contribution is 2.11. The standard InChI is InChI=1S/C10H8.2C6H6.C4H4S.C3H6O.4C2H6.5CH4/c1-2-6-10-8-4-3-7-9(10)5-1;2*1-2-4-6-5-3-1;1-2-4-5-3-1;1-2-3-4;4*1-2;;;;;/h1-8H;2*1-6H;1-4H;3H,2H2,1H3;4*1-2H3;5*1H4. The number of rotatable bonds is 1. The highest BCUT2D eigenvalue weighted by atomic mass is 32.1. The first kappa shape index (κ1) is 63.7. The minimum atomic E-state index is 0. The smallest absolute Gasteiger partial charge is 0.119 e. The van der Waals surface area contributed by atoms with Crippen LogP contribution in [0, 0.1) is 0 Å². The van der Waals surface area contributed by atoms with Crippen LogP contribution in [0.4, 0.5) is 0 Å². The summed E-state index contributed by atoms with van der Waals surface area (Å²) < 4.78 is 0. The van der Waals surface area contributed by atoms with Gasteiger partial charge in [0.2, 0.25) is 0 Å². The molecule has 0 unspecified atom stereocenters. The summed E-state index contributed by atoms with van der Waals surface area (Å²) in [5, 5.41) is 6.70. The maximum absolute atomic E-state index is 9.17. The zero-order chi connectivity index (χ0) is 30.2. The van der Waals surface area contributed by atoms with E-state index in [1.54, 1.807) is 11.3 Å². The molecule has 0 saturated carbocycles. The van der Waals surface area contributed by atoms with Crippen molar-refractivity contribution in [2.75, 3.05) is 0 Å². The molecule has 0 aliphatic rings. The molecule has 5 rings (SSSR count). The summed E-state index contributed by atoms with van der Waals surface area (Å²) in [6.07, 6.45) is 1.51. The molecule has 0 spiro atoms. The van der Waals surface area contributed by atoms with Gasteiger partial charge in [0.25, 0.3) is 0 Å². The van der Waals surface area contributed by atoms with Crippen LogP contribution in [0.1, 0.15) is 106 Å². The lowest BCUT2D eigenvalue weighted by Crippen LogP contribution is -1.67. The molecule has 4 aromatic carbocycles. The summed E-state index contributed by atoms with van der Waals surface area (Å²) in [5.41, 5.74) is 0. The highest BCUT2D eigenvalue weighted by molar-refractivity contribution is 7.07. The Balaban J connectivity index is -0.0000000469. The summed E-state index contributed by atoms with van der Waals surface area (Å²) in [5.74, 6) is 0. The highest BCUT2D eigenvalue weighted by Gasteiger charge is 1.85. The van der Waals surface area contributed by atoms with Gasteiger partial charge >= 0.3 is 0 Å². The fourth-order valence-corrected chi connectivity index (χ4v) is 2.58. The zero-order valence-corrected chi connectivity index (χ0v) is 26.8. The van der Waals surface area contributed by atoms with Crippen molar-refractivity contribution in [1.29, 1.82) is 0 Å². The fraction of sp³-hybridized carbons (Fsp3) is 0.357. The molecular weight excluding hydrogens is 553 g/mol. The Morgan fingerprint density at radius 2 is 0.591 bits per heavy atom. The van der Waals surface area contributed by atoms with Gasteiger partial charge in [-0.25, -0.2) is 0 Å². The third-order valence-electron chi connectivity index (χ3n) is 3.58. The number of hydrogen-bond donors (Lipinski definition) is 0. The SMILES string of the molecule is C.C.C.C.C.CC.CC.CC.CC.CCC=O.c1ccc2ccccc2c1.c1ccccc1.c1ccccc1.c1ccsc1. The molecule has 0 amide bonds. The van der Waals surface area contributed by atoms with Gasteiger partial charge in [-0.15, -0.1) is 0 Å². The largest absolute Gasteiger partial charge is 0.303 e. The minimum absolute atomic E-state index is 0. The third kappa shape index (κ3) is 51.3. The van der Waals surface area contributed by atoms with E-state index >= 15 is 0 Å². The normalized spacial score (nSPS) is 6.48. The molecule has 254 valence electrons. The van der Waals surface area contributed by atoms with Crippen molar-refractivity contribution >= 4 is 28.4 Å². The van der Waals surface area contributed by atoms with Crippen LogP contribution in [0.15, 0.2) is 144 Å². The Morgan fingerprint density at radius 1 is 0.409 bits per heavy atom. The quantitative estimate of drug-likeness (QED) is 0.169. The van der Waals surface area contributed by atoms with Gasteiger partial charge in [-0.1, -0.05) is 233 Å². The monoisotopic (exact) mass is 627 g/mol. The van der Waals surface area contributed by atoms with E-state index in [2.05, 4.69) is 48.5 Å². The molecule has 1 nitrogen and oxygen atoms in total. The van der Waals surface area contributed by atoms with Crippen molar-refractivity contribution in [3.8, 4) is 0 Å². The lowest BCUT2D eigenvalue weighted by atomic mass is 10.1. The topological polar surface area (TPSA) is 17.1 Å². The molecule has 1 aromatic heterocycles. The van der Waals surface area contributed by atoms with E-state index in [9.17, 15) is 4.79 Å². The average Bonchev–Trinajstić information content (AvgIpc) is 3.68. The van der Waals surface area contributed by atoms with Crippen LogP contribution in [0.5, 0.6) is 0 Å². The Labute approximate surface area is 282 Å². The predicted molar refractivity (Wildman–Crippen MR) is 217 cm³/mol. The first-order valence-electron chi connectivity index (χ1n) is 14.2. The molecule has 0 aliphatic carbocycles. The number of carbonyl (C=O) groups excluding carboxylic acids is 1. The van der Waals surface area contributed by atoms with Gasteiger partial charge in [-0.3, -0.25) is 0 Å². The molecule has 0 aliphatic heterocycles. The summed E-state index contributed by atoms with van der Waals surface area (Å²) in [6.45, 7) is 17.8. The van der Waals surface area contributed by atoms with Crippen molar-refractivity contribution < 1.29 is 4.79 Å². The molecule has 0 radical (unpaired) electrons. The van der Waals surface area contributed by atoms with E-state index < -0.39 is 0 Å². The maximum Gasteiger partial charge on any atom is 0.119 e. The summed E-state index contributed by atoms with van der Waals surface area (Å²) in [4.78, 5) is 9.17. The lowest BCUT2D eigenvalue weighted by molar-refractivity contribution is -0.107. The van der Waals surface area contributed by atoms with Crippen molar-refractivity contribution in [3.63, 3.8) is 0 Å². The lowest BCUT2D eigenvalue weighted by Gasteiger charge is -1.92. The Morgan fingerprint density at radius 3 is 0.705 bits per heavy atom. The number of hydrogen-bond acceptors (Lipinski definition) is 2. The van der Waals surface area contributed by atoms with Gasteiger partial charge in [0.15, 0.2) is 0 Å². The Hall–Kier alpha value is -3.49. The van der Waals surface area contributed by atoms with Gasteiger partial charge in [-0.2, -0.15) is 11.3 Å². The van der Waals surface area contributed by atoms with Crippen LogP contribution in [0.2, 0.25) is 0 Å². The minimum Gasteiger partial charge on any atom is -0.303 e. The summed E-state index contributed by atoms with van der Waals surface area (Å²) in [6, 6.07) is 44.8. The van der Waals surface area contributed by atoms with Gasteiger partial charge in [0.05, 0.1) is 0 Å². The van der Waals surface area contributed by atoms with Crippen LogP contribution in [-0.2, 0) is 4.79 Å². The molecule has 44 heavy (non-hydrogen) atoms. The van der Waals surface area contributed by atoms with Gasteiger partial charge < -0.3 is 4.79 Å². The Bertz CT molecular complexity index is 814. The van der Waals surface area contributed by atoms with Crippen molar-refractivity contribution in [2.24, 2.45) is 0 Å². The average molecular weight is 627 g/mol. The van der Waals surface area contributed by atoms with E-state index in [-0.39, 0.29) is 37.1 Å². The van der Waals surface area contributed by atoms with Crippen LogP contribution >= 0.6 is 11.3 Å². The number of benzene rings is 4. The van der Waals surface area contributed by atoms with Crippen molar-refractivity contribution in [1.82, 2.24) is 0 Å². The van der Waals surface area contributed by atoms with Crippen molar-refractivity contribution in [2.45, 2.75) is 106 Å². The number of aldehydes is 1. The van der Waals surface area contributed by atoms with Gasteiger partial charge in [0.1, 0.15) is 6.29 Å². The molecule has 0 bridgehead atoms. The number of fused-ring (bicyclic) bond motifs is 1. The number of thiophene rings is 1. The van der Waals surface area contributed by atoms with E-state index in [4.69, 9.17) is 0 Å². The number of carbonyl (C=O) groups is 1. The van der Waals surface area contributed by atoms with E-state index in [0.717, 1.165) is 6.29 Å². The molecule has 0 fully saturated rings. The van der Waals surface area contributed by atoms with E-state index in [0.29, 0.717) is 6.42 Å². The van der Waals surface area contributed by atoms with Gasteiger partial charge in [0, 0.05) is 6.42 Å². The van der Waals surface area contributed by atoms with Crippen LogP contribution < -0.4 is 0 Å². The predicted octanol–water partition coefficient (Wildman–Crippen LogP) is 15.8. The summed E-state index contributed by atoms with van der Waals surface area (Å²) in [7, 11) is 0. The van der Waals surface area contributed by atoms with E-state index in [1.165, 1.54) is 10.8 Å². The second-order valence-corrected chi connectivity index (χ2v) is 6.84. The maximum atomic E-state index is 9.17. The van der Waals surface area contributed by atoms with Crippen molar-refractivity contribution in [3.05, 3.63) is 144 Å². The zero-order valence-electron chi connectivity index (χ0n) is 26.0. The molecule has 2 heteroatoms. The first-order chi connectivity index (χ1) is 19.4. The Kier molecular flexibility index (Phi) is 97.4. The second kappa shape index (κ2) is 67.3. The second-order valence-electron chi connectivity index (χ2n) is 6.02. The molecule has 1 heterocycles. The molecule has 0 N–H and O–H groups in total. The van der Waals surface area contributed by atoms with Gasteiger partial charge in [-0.05, 0) is 21.5 Å². The van der Waals surface area contributed by atoms with Crippen LogP contribution in [0.3, 0.4) is 0 Å². The third-order valence-corrected chi connectivity index (χ3v) is 4.21. The molecule has 0 saturated heterocycles. The summed E-state index contributed by atoms with van der Waals surface area (Å²) >= 11 is 1.71. The van der Waals surface area contributed by atoms with Crippen LogP contribution in [0.25, 0.3) is 10.8 Å². The first-order valence-corrected chi connectivity index (χ1v) is 15.2. The molecular formula is C42H74OS. The van der Waals surface area contributed by atoms with Crippen LogP contribution in [-0.4, -0.2) is 6.29 Å².